The van der Waals surface area contributed by atoms with Crippen LogP contribution in [0.3, 0.4) is 0 Å². The highest BCUT2D eigenvalue weighted by Gasteiger charge is 2.34. The molecular weight excluding hydrogens is 342 g/mol. The summed E-state index contributed by atoms with van der Waals surface area (Å²) >= 11 is 7.93. The molecule has 1 aliphatic carbocycles. The third-order valence-corrected chi connectivity index (χ3v) is 5.88. The number of nitrogens with zero attached hydrogens (tertiary/aromatic N) is 3. The Hall–Kier alpha value is -1.59. The third-order valence-electron chi connectivity index (χ3n) is 4.65. The van der Waals surface area contributed by atoms with Gasteiger partial charge in [-0.25, -0.2) is 4.98 Å². The minimum atomic E-state index is 0.309. The maximum absolute atomic E-state index is 12.3. The summed E-state index contributed by atoms with van der Waals surface area (Å²) in [7, 11) is 0. The zero-order valence-electron chi connectivity index (χ0n) is 13.4. The van der Waals surface area contributed by atoms with E-state index in [1.54, 1.807) is 11.3 Å². The van der Waals surface area contributed by atoms with E-state index in [2.05, 4.69) is 10.3 Å². The normalized spacial score (nSPS) is 18.5. The molecule has 1 aliphatic heterocycles. The summed E-state index contributed by atoms with van der Waals surface area (Å²) in [5, 5.41) is 3.81. The predicted octanol–water partition coefficient (Wildman–Crippen LogP) is 3.91. The van der Waals surface area contributed by atoms with Crippen LogP contribution in [0.2, 0.25) is 5.02 Å². The smallest absolute Gasteiger partial charge is 0.225 e. The van der Waals surface area contributed by atoms with Crippen LogP contribution in [0.15, 0.2) is 29.6 Å². The van der Waals surface area contributed by atoms with Crippen molar-refractivity contribution < 1.29 is 4.79 Å². The fourth-order valence-electron chi connectivity index (χ4n) is 3.12. The molecule has 1 aromatic carbocycles. The van der Waals surface area contributed by atoms with E-state index in [1.807, 2.05) is 29.2 Å². The number of benzene rings is 1. The van der Waals surface area contributed by atoms with Crippen LogP contribution in [0.1, 0.15) is 19.3 Å². The second kappa shape index (κ2) is 6.73. The molecule has 4 nitrogen and oxygen atoms in total. The van der Waals surface area contributed by atoms with Crippen LogP contribution in [0, 0.1) is 5.92 Å². The first-order valence-corrected chi connectivity index (χ1v) is 9.72. The topological polar surface area (TPSA) is 36.4 Å². The summed E-state index contributed by atoms with van der Waals surface area (Å²) in [4.78, 5) is 21.4. The first-order chi connectivity index (χ1) is 11.7. The number of aromatic nitrogens is 1. The highest BCUT2D eigenvalue weighted by molar-refractivity contribution is 7.14. The Bertz CT molecular complexity index is 743. The summed E-state index contributed by atoms with van der Waals surface area (Å²) in [5.74, 6) is 0.663. The lowest BCUT2D eigenvalue weighted by molar-refractivity contribution is -0.132. The van der Waals surface area contributed by atoms with Gasteiger partial charge in [0, 0.05) is 48.1 Å². The molecule has 1 aromatic heterocycles. The van der Waals surface area contributed by atoms with Gasteiger partial charge in [-0.05, 0) is 25.3 Å². The summed E-state index contributed by atoms with van der Waals surface area (Å²) in [6, 6.07) is 7.80. The molecule has 0 unspecified atom stereocenters. The summed E-state index contributed by atoms with van der Waals surface area (Å²) in [6.07, 6.45) is 3.15. The quantitative estimate of drug-likeness (QED) is 0.831. The first-order valence-electron chi connectivity index (χ1n) is 8.46. The molecule has 2 fully saturated rings. The van der Waals surface area contributed by atoms with Gasteiger partial charge < -0.3 is 9.80 Å². The second-order valence-electron chi connectivity index (χ2n) is 6.44. The Morgan fingerprint density at radius 1 is 1.17 bits per heavy atom. The SMILES string of the molecule is O=C(C1CC1)N1CCCN(c2nc(-c3ccccc3Cl)cs2)CC1. The monoisotopic (exact) mass is 361 g/mol. The van der Waals surface area contributed by atoms with Crippen LogP contribution in [-0.2, 0) is 4.79 Å². The van der Waals surface area contributed by atoms with Gasteiger partial charge in [0.15, 0.2) is 5.13 Å². The molecule has 0 atom stereocenters. The lowest BCUT2D eigenvalue weighted by atomic mass is 10.2. The zero-order chi connectivity index (χ0) is 16.5. The molecule has 4 rings (SSSR count). The number of amides is 1. The molecule has 0 radical (unpaired) electrons. The lowest BCUT2D eigenvalue weighted by Gasteiger charge is -2.21. The molecule has 0 spiro atoms. The van der Waals surface area contributed by atoms with Gasteiger partial charge in [-0.2, -0.15) is 0 Å². The first kappa shape index (κ1) is 15.9. The van der Waals surface area contributed by atoms with Crippen molar-refractivity contribution in [2.45, 2.75) is 19.3 Å². The van der Waals surface area contributed by atoms with Gasteiger partial charge in [-0.1, -0.05) is 29.8 Å². The number of carbonyl (C=O) groups is 1. The number of halogens is 1. The molecule has 126 valence electrons. The van der Waals surface area contributed by atoms with E-state index in [0.717, 1.165) is 66.9 Å². The van der Waals surface area contributed by atoms with Gasteiger partial charge in [0.05, 0.1) is 5.69 Å². The van der Waals surface area contributed by atoms with Gasteiger partial charge in [0.25, 0.3) is 0 Å². The maximum atomic E-state index is 12.3. The summed E-state index contributed by atoms with van der Waals surface area (Å²) in [6.45, 7) is 3.47. The molecule has 1 amide bonds. The Balaban J connectivity index is 1.46. The van der Waals surface area contributed by atoms with E-state index in [9.17, 15) is 4.79 Å². The third kappa shape index (κ3) is 3.28. The Kier molecular flexibility index (Phi) is 4.46. The van der Waals surface area contributed by atoms with Crippen molar-refractivity contribution in [1.82, 2.24) is 9.88 Å². The van der Waals surface area contributed by atoms with Crippen molar-refractivity contribution in [2.24, 2.45) is 5.92 Å². The van der Waals surface area contributed by atoms with Crippen molar-refractivity contribution in [3.63, 3.8) is 0 Å². The molecule has 6 heteroatoms. The van der Waals surface area contributed by atoms with Gasteiger partial charge in [-0.3, -0.25) is 4.79 Å². The highest BCUT2D eigenvalue weighted by Crippen LogP contribution is 2.33. The Morgan fingerprint density at radius 2 is 2.00 bits per heavy atom. The van der Waals surface area contributed by atoms with Crippen molar-refractivity contribution in [1.29, 1.82) is 0 Å². The van der Waals surface area contributed by atoms with E-state index in [-0.39, 0.29) is 0 Å². The van der Waals surface area contributed by atoms with Crippen molar-refractivity contribution >= 4 is 34.0 Å². The summed E-state index contributed by atoms with van der Waals surface area (Å²) < 4.78 is 0. The van der Waals surface area contributed by atoms with Gasteiger partial charge in [0.2, 0.25) is 5.91 Å². The average molecular weight is 362 g/mol. The van der Waals surface area contributed by atoms with E-state index >= 15 is 0 Å². The van der Waals surface area contributed by atoms with E-state index in [1.165, 1.54) is 0 Å². The van der Waals surface area contributed by atoms with E-state index < -0.39 is 0 Å². The number of thiazole rings is 1. The fourth-order valence-corrected chi connectivity index (χ4v) is 4.23. The van der Waals surface area contributed by atoms with E-state index in [0.29, 0.717) is 11.8 Å². The van der Waals surface area contributed by atoms with Crippen LogP contribution in [0.25, 0.3) is 11.3 Å². The number of rotatable bonds is 3. The molecule has 2 aliphatic rings. The number of anilines is 1. The van der Waals surface area contributed by atoms with Crippen LogP contribution in [0.5, 0.6) is 0 Å². The maximum Gasteiger partial charge on any atom is 0.225 e. The molecule has 1 saturated heterocycles. The van der Waals surface area contributed by atoms with Crippen LogP contribution in [-0.4, -0.2) is 42.0 Å². The second-order valence-corrected chi connectivity index (χ2v) is 7.68. The van der Waals surface area contributed by atoms with Gasteiger partial charge >= 0.3 is 0 Å². The van der Waals surface area contributed by atoms with Crippen LogP contribution < -0.4 is 4.90 Å². The molecule has 2 heterocycles. The standard InChI is InChI=1S/C18H20ClN3OS/c19-15-5-2-1-4-14(15)16-12-24-18(20-16)22-9-3-8-21(10-11-22)17(23)13-6-7-13/h1-2,4-5,12-13H,3,6-11H2. The van der Waals surface area contributed by atoms with Crippen LogP contribution in [0.4, 0.5) is 5.13 Å². The Labute approximate surface area is 151 Å². The minimum Gasteiger partial charge on any atom is -0.346 e. The molecule has 0 bridgehead atoms. The minimum absolute atomic E-state index is 0.309. The van der Waals surface area contributed by atoms with Gasteiger partial charge in [-0.15, -0.1) is 11.3 Å². The molecular formula is C18H20ClN3OS. The lowest BCUT2D eigenvalue weighted by Crippen LogP contribution is -2.36. The largest absolute Gasteiger partial charge is 0.346 e. The van der Waals surface area contributed by atoms with Gasteiger partial charge in [0.1, 0.15) is 0 Å². The van der Waals surface area contributed by atoms with E-state index in [4.69, 9.17) is 16.6 Å². The fraction of sp³-hybridized carbons (Fsp3) is 0.444. The number of hydrogen-bond acceptors (Lipinski definition) is 4. The predicted molar refractivity (Wildman–Crippen MR) is 98.7 cm³/mol. The average Bonchev–Trinajstić information content (AvgIpc) is 3.38. The number of hydrogen-bond donors (Lipinski definition) is 0. The zero-order valence-corrected chi connectivity index (χ0v) is 15.0. The summed E-state index contributed by atoms with van der Waals surface area (Å²) in [5.41, 5.74) is 1.90. The molecule has 24 heavy (non-hydrogen) atoms. The van der Waals surface area contributed by atoms with Crippen molar-refractivity contribution in [3.8, 4) is 11.3 Å². The molecule has 0 N–H and O–H groups in total. The number of carbonyl (C=O) groups excluding carboxylic acids is 1. The molecule has 1 saturated carbocycles. The molecule has 2 aromatic rings. The highest BCUT2D eigenvalue weighted by atomic mass is 35.5. The van der Waals surface area contributed by atoms with Crippen LogP contribution >= 0.6 is 22.9 Å². The van der Waals surface area contributed by atoms with Crippen molar-refractivity contribution in [2.75, 3.05) is 31.1 Å². The van der Waals surface area contributed by atoms with Crippen molar-refractivity contribution in [3.05, 3.63) is 34.7 Å². The Morgan fingerprint density at radius 3 is 2.79 bits per heavy atom.